The Labute approximate surface area is 199 Å². The zero-order valence-electron chi connectivity index (χ0n) is 20.1. The van der Waals surface area contributed by atoms with Gasteiger partial charge in [0.25, 0.3) is 0 Å². The summed E-state index contributed by atoms with van der Waals surface area (Å²) >= 11 is 4.64. The SMILES string of the molecule is CCCCc1cc(C)nc(C(CC)(CC)C(OC)c2cccc(-c3ccccc3S)n2)c1. The fourth-order valence-electron chi connectivity index (χ4n) is 4.70. The Balaban J connectivity index is 2.10. The first-order valence-electron chi connectivity index (χ1n) is 11.7. The maximum Gasteiger partial charge on any atom is 0.110 e. The minimum Gasteiger partial charge on any atom is -0.374 e. The molecule has 1 aromatic carbocycles. The lowest BCUT2D eigenvalue weighted by Gasteiger charge is -2.38. The molecule has 0 radical (unpaired) electrons. The van der Waals surface area contributed by atoms with Crippen LogP contribution in [0.3, 0.4) is 0 Å². The predicted octanol–water partition coefficient (Wildman–Crippen LogP) is 7.53. The lowest BCUT2D eigenvalue weighted by molar-refractivity contribution is 0.0194. The van der Waals surface area contributed by atoms with Crippen LogP contribution in [0.5, 0.6) is 0 Å². The number of thiol groups is 1. The zero-order chi connectivity index (χ0) is 23.1. The number of ether oxygens (including phenoxy) is 1. The van der Waals surface area contributed by atoms with E-state index in [2.05, 4.69) is 70.7 Å². The second-order valence-corrected chi connectivity index (χ2v) is 9.03. The molecular formula is C28H36N2OS. The van der Waals surface area contributed by atoms with Crippen molar-refractivity contribution in [3.05, 3.63) is 77.2 Å². The van der Waals surface area contributed by atoms with E-state index in [0.29, 0.717) is 0 Å². The highest BCUT2D eigenvalue weighted by atomic mass is 32.1. The fourth-order valence-corrected chi connectivity index (χ4v) is 4.98. The van der Waals surface area contributed by atoms with E-state index in [1.807, 2.05) is 24.3 Å². The number of hydrogen-bond acceptors (Lipinski definition) is 4. The number of aryl methyl sites for hydroxylation is 2. The van der Waals surface area contributed by atoms with Gasteiger partial charge in [0.15, 0.2) is 0 Å². The lowest BCUT2D eigenvalue weighted by Crippen LogP contribution is -2.35. The number of unbranched alkanes of at least 4 members (excludes halogenated alkanes) is 1. The molecule has 32 heavy (non-hydrogen) atoms. The molecule has 3 nitrogen and oxygen atoms in total. The highest BCUT2D eigenvalue weighted by molar-refractivity contribution is 7.80. The molecule has 0 saturated heterocycles. The minimum atomic E-state index is -0.256. The summed E-state index contributed by atoms with van der Waals surface area (Å²) in [4.78, 5) is 11.0. The second-order valence-electron chi connectivity index (χ2n) is 8.55. The number of rotatable bonds is 10. The minimum absolute atomic E-state index is 0.196. The maximum absolute atomic E-state index is 6.20. The van der Waals surface area contributed by atoms with Crippen molar-refractivity contribution in [1.29, 1.82) is 0 Å². The van der Waals surface area contributed by atoms with Gasteiger partial charge in [-0.25, -0.2) is 4.98 Å². The average Bonchev–Trinajstić information content (AvgIpc) is 2.81. The van der Waals surface area contributed by atoms with Gasteiger partial charge in [-0.2, -0.15) is 0 Å². The normalized spacial score (nSPS) is 12.7. The molecule has 0 aliphatic rings. The molecule has 170 valence electrons. The molecule has 0 N–H and O–H groups in total. The van der Waals surface area contributed by atoms with Crippen LogP contribution in [0.1, 0.15) is 75.2 Å². The molecule has 4 heteroatoms. The van der Waals surface area contributed by atoms with Gasteiger partial charge >= 0.3 is 0 Å². The van der Waals surface area contributed by atoms with Crippen LogP contribution in [0, 0.1) is 6.92 Å². The monoisotopic (exact) mass is 448 g/mol. The van der Waals surface area contributed by atoms with Crippen LogP contribution < -0.4 is 0 Å². The van der Waals surface area contributed by atoms with Crippen LogP contribution in [-0.4, -0.2) is 17.1 Å². The van der Waals surface area contributed by atoms with Crippen LogP contribution in [0.4, 0.5) is 0 Å². The molecule has 3 aromatic rings. The fraction of sp³-hybridized carbons (Fsp3) is 0.429. The summed E-state index contributed by atoms with van der Waals surface area (Å²) in [5, 5.41) is 0. The van der Waals surface area contributed by atoms with Crippen LogP contribution in [0.25, 0.3) is 11.3 Å². The summed E-state index contributed by atoms with van der Waals surface area (Å²) < 4.78 is 6.20. The van der Waals surface area contributed by atoms with E-state index in [9.17, 15) is 0 Å². The van der Waals surface area contributed by atoms with Gasteiger partial charge < -0.3 is 4.74 Å². The van der Waals surface area contributed by atoms with E-state index in [-0.39, 0.29) is 11.5 Å². The van der Waals surface area contributed by atoms with Crippen LogP contribution in [0.15, 0.2) is 59.5 Å². The third-order valence-electron chi connectivity index (χ3n) is 6.56. The molecule has 0 aliphatic carbocycles. The number of nitrogens with zero attached hydrogens (tertiary/aromatic N) is 2. The van der Waals surface area contributed by atoms with Crippen molar-refractivity contribution in [1.82, 2.24) is 9.97 Å². The van der Waals surface area contributed by atoms with Gasteiger partial charge in [0.2, 0.25) is 0 Å². The first kappa shape index (κ1) is 24.5. The van der Waals surface area contributed by atoms with Gasteiger partial charge in [-0.05, 0) is 68.5 Å². The van der Waals surface area contributed by atoms with E-state index >= 15 is 0 Å². The molecule has 0 saturated carbocycles. The first-order valence-corrected chi connectivity index (χ1v) is 12.2. The van der Waals surface area contributed by atoms with Gasteiger partial charge in [-0.1, -0.05) is 51.5 Å². The summed E-state index contributed by atoms with van der Waals surface area (Å²) in [5.74, 6) is 0. The molecule has 2 aromatic heterocycles. The smallest absolute Gasteiger partial charge is 0.110 e. The quantitative estimate of drug-likeness (QED) is 0.326. The van der Waals surface area contributed by atoms with Gasteiger partial charge in [0, 0.05) is 28.7 Å². The molecule has 1 unspecified atom stereocenters. The van der Waals surface area contributed by atoms with Crippen molar-refractivity contribution < 1.29 is 4.74 Å². The van der Waals surface area contributed by atoms with Crippen molar-refractivity contribution >= 4 is 12.6 Å². The van der Waals surface area contributed by atoms with E-state index in [1.165, 1.54) is 18.4 Å². The first-order chi connectivity index (χ1) is 15.5. The van der Waals surface area contributed by atoms with E-state index < -0.39 is 0 Å². The Kier molecular flexibility index (Phi) is 8.50. The Morgan fingerprint density at radius 1 is 0.969 bits per heavy atom. The van der Waals surface area contributed by atoms with Crippen molar-refractivity contribution in [3.63, 3.8) is 0 Å². The summed E-state index contributed by atoms with van der Waals surface area (Å²) in [7, 11) is 1.79. The molecule has 2 heterocycles. The van der Waals surface area contributed by atoms with Gasteiger partial charge in [-0.3, -0.25) is 4.98 Å². The van der Waals surface area contributed by atoms with E-state index in [1.54, 1.807) is 7.11 Å². The number of benzene rings is 1. The van der Waals surface area contributed by atoms with Crippen molar-refractivity contribution in [3.8, 4) is 11.3 Å². The van der Waals surface area contributed by atoms with E-state index in [4.69, 9.17) is 14.7 Å². The van der Waals surface area contributed by atoms with Crippen molar-refractivity contribution in [2.24, 2.45) is 0 Å². The Hall–Kier alpha value is -2.17. The number of pyridine rings is 2. The largest absolute Gasteiger partial charge is 0.374 e. The highest BCUT2D eigenvalue weighted by Gasteiger charge is 2.41. The predicted molar refractivity (Wildman–Crippen MR) is 137 cm³/mol. The molecule has 1 atom stereocenters. The van der Waals surface area contributed by atoms with E-state index in [0.717, 1.165) is 52.5 Å². The maximum atomic E-state index is 6.20. The third-order valence-corrected chi connectivity index (χ3v) is 6.95. The van der Waals surface area contributed by atoms with Crippen LogP contribution >= 0.6 is 12.6 Å². The van der Waals surface area contributed by atoms with Gasteiger partial charge in [-0.15, -0.1) is 12.6 Å². The molecule has 3 rings (SSSR count). The Morgan fingerprint density at radius 3 is 2.38 bits per heavy atom. The molecular weight excluding hydrogens is 412 g/mol. The molecule has 0 spiro atoms. The summed E-state index contributed by atoms with van der Waals surface area (Å²) in [6, 6.07) is 18.8. The zero-order valence-corrected chi connectivity index (χ0v) is 21.0. The number of methoxy groups -OCH3 is 1. The van der Waals surface area contributed by atoms with Crippen LogP contribution in [-0.2, 0) is 16.6 Å². The number of hydrogen-bond donors (Lipinski definition) is 1. The molecule has 0 fully saturated rings. The molecule has 0 amide bonds. The van der Waals surface area contributed by atoms with Crippen LogP contribution in [0.2, 0.25) is 0 Å². The summed E-state index contributed by atoms with van der Waals surface area (Å²) in [6.07, 6.45) is 5.10. The topological polar surface area (TPSA) is 35.0 Å². The summed E-state index contributed by atoms with van der Waals surface area (Å²) in [6.45, 7) is 8.80. The molecule has 0 aliphatic heterocycles. The lowest BCUT2D eigenvalue weighted by atomic mass is 9.72. The van der Waals surface area contributed by atoms with Gasteiger partial charge in [0.1, 0.15) is 6.10 Å². The third kappa shape index (κ3) is 5.07. The number of aromatic nitrogens is 2. The standard InChI is InChI=1S/C28H36N2OS/c1-6-9-13-21-18-20(4)29-26(19-21)28(7-2,8-3)27(31-5)24-16-12-15-23(30-24)22-14-10-11-17-25(22)32/h10-12,14-19,27,32H,6-9,13H2,1-5H3. The van der Waals surface area contributed by atoms with Gasteiger partial charge in [0.05, 0.1) is 17.1 Å². The Bertz CT molecular complexity index is 1030. The molecule has 0 bridgehead atoms. The Morgan fingerprint density at radius 2 is 1.72 bits per heavy atom. The summed E-state index contributed by atoms with van der Waals surface area (Å²) in [5.41, 5.74) is 6.17. The van der Waals surface area contributed by atoms with Crippen molar-refractivity contribution in [2.45, 2.75) is 76.2 Å². The van der Waals surface area contributed by atoms with Crippen molar-refractivity contribution in [2.75, 3.05) is 7.11 Å². The highest BCUT2D eigenvalue weighted by Crippen LogP contribution is 2.44. The average molecular weight is 449 g/mol. The second kappa shape index (κ2) is 11.1.